The van der Waals surface area contributed by atoms with Gasteiger partial charge in [-0.05, 0) is 44.3 Å². The molecule has 1 saturated heterocycles. The SMILES string of the molecule is O=C(OCC1=CC=CCC1)C1CCNCC1. The predicted octanol–water partition coefficient (Wildman–Crippen LogP) is 1.81. The Balaban J connectivity index is 1.74. The molecule has 88 valence electrons. The van der Waals surface area contributed by atoms with Crippen LogP contribution in [0.4, 0.5) is 0 Å². The van der Waals surface area contributed by atoms with Crippen LogP contribution in [0.25, 0.3) is 0 Å². The van der Waals surface area contributed by atoms with Crippen LogP contribution in [-0.4, -0.2) is 25.7 Å². The summed E-state index contributed by atoms with van der Waals surface area (Å²) in [6, 6.07) is 0. The molecule has 1 heterocycles. The topological polar surface area (TPSA) is 38.3 Å². The lowest BCUT2D eigenvalue weighted by Gasteiger charge is -2.21. The molecule has 0 atom stereocenters. The van der Waals surface area contributed by atoms with Gasteiger partial charge in [-0.2, -0.15) is 0 Å². The second-order valence-electron chi connectivity index (χ2n) is 4.42. The Hall–Kier alpha value is -1.09. The van der Waals surface area contributed by atoms with Crippen LogP contribution in [0.15, 0.2) is 23.8 Å². The molecular formula is C13H19NO2. The van der Waals surface area contributed by atoms with Crippen molar-refractivity contribution in [3.05, 3.63) is 23.8 Å². The van der Waals surface area contributed by atoms with Gasteiger partial charge in [-0.1, -0.05) is 18.2 Å². The fourth-order valence-electron chi connectivity index (χ4n) is 2.11. The molecule has 16 heavy (non-hydrogen) atoms. The summed E-state index contributed by atoms with van der Waals surface area (Å²) in [7, 11) is 0. The molecule has 1 N–H and O–H groups in total. The summed E-state index contributed by atoms with van der Waals surface area (Å²) >= 11 is 0. The van der Waals surface area contributed by atoms with Gasteiger partial charge < -0.3 is 10.1 Å². The van der Waals surface area contributed by atoms with E-state index in [4.69, 9.17) is 4.74 Å². The summed E-state index contributed by atoms with van der Waals surface area (Å²) in [5.41, 5.74) is 1.23. The number of esters is 1. The fourth-order valence-corrected chi connectivity index (χ4v) is 2.11. The summed E-state index contributed by atoms with van der Waals surface area (Å²) in [5, 5.41) is 3.25. The van der Waals surface area contributed by atoms with E-state index >= 15 is 0 Å². The molecule has 0 amide bonds. The molecule has 2 aliphatic rings. The van der Waals surface area contributed by atoms with E-state index in [-0.39, 0.29) is 11.9 Å². The zero-order chi connectivity index (χ0) is 11.2. The molecule has 1 aliphatic carbocycles. The molecular weight excluding hydrogens is 202 g/mol. The molecule has 3 heteroatoms. The molecule has 2 rings (SSSR count). The number of rotatable bonds is 3. The number of piperidine rings is 1. The number of carbonyl (C=O) groups excluding carboxylic acids is 1. The van der Waals surface area contributed by atoms with Crippen LogP contribution in [0.3, 0.4) is 0 Å². The van der Waals surface area contributed by atoms with Crippen molar-refractivity contribution in [2.45, 2.75) is 25.7 Å². The Bertz CT molecular complexity index is 301. The first kappa shape index (κ1) is 11.4. The molecule has 1 fully saturated rings. The molecule has 3 nitrogen and oxygen atoms in total. The van der Waals surface area contributed by atoms with Crippen LogP contribution in [0.1, 0.15) is 25.7 Å². The number of allylic oxidation sites excluding steroid dienone is 3. The molecule has 0 radical (unpaired) electrons. The fraction of sp³-hybridized carbons (Fsp3) is 0.615. The lowest BCUT2D eigenvalue weighted by molar-refractivity contribution is -0.148. The van der Waals surface area contributed by atoms with Gasteiger partial charge in [0.15, 0.2) is 0 Å². The monoisotopic (exact) mass is 221 g/mol. The van der Waals surface area contributed by atoms with E-state index in [2.05, 4.69) is 17.5 Å². The van der Waals surface area contributed by atoms with Crippen molar-refractivity contribution < 1.29 is 9.53 Å². The van der Waals surface area contributed by atoms with Gasteiger partial charge in [-0.25, -0.2) is 0 Å². The van der Waals surface area contributed by atoms with Crippen LogP contribution in [-0.2, 0) is 9.53 Å². The first-order valence-electron chi connectivity index (χ1n) is 6.08. The molecule has 0 spiro atoms. The highest BCUT2D eigenvalue weighted by atomic mass is 16.5. The van der Waals surface area contributed by atoms with Gasteiger partial charge in [0.05, 0.1) is 5.92 Å². The number of carbonyl (C=O) groups is 1. The summed E-state index contributed by atoms with van der Waals surface area (Å²) in [5.74, 6) is 0.0953. The molecule has 0 aromatic heterocycles. The minimum absolute atomic E-state index is 0.0167. The zero-order valence-electron chi connectivity index (χ0n) is 9.58. The van der Waals surface area contributed by atoms with Gasteiger partial charge in [-0.3, -0.25) is 4.79 Å². The van der Waals surface area contributed by atoms with Crippen molar-refractivity contribution >= 4 is 5.97 Å². The third kappa shape index (κ3) is 3.20. The molecule has 0 aromatic carbocycles. The summed E-state index contributed by atoms with van der Waals surface area (Å²) in [4.78, 5) is 11.7. The second kappa shape index (κ2) is 5.85. The molecule has 0 saturated carbocycles. The standard InChI is InChI=1S/C13H19NO2/c15-13(12-6-8-14-9-7-12)16-10-11-4-2-1-3-5-11/h1-2,4,12,14H,3,5-10H2. The van der Waals surface area contributed by atoms with Crippen LogP contribution in [0.2, 0.25) is 0 Å². The van der Waals surface area contributed by atoms with Gasteiger partial charge in [0, 0.05) is 0 Å². The number of hydrogen-bond acceptors (Lipinski definition) is 3. The Labute approximate surface area is 96.6 Å². The molecule has 1 aliphatic heterocycles. The first-order valence-corrected chi connectivity index (χ1v) is 6.08. The lowest BCUT2D eigenvalue weighted by Crippen LogP contribution is -2.33. The maximum absolute atomic E-state index is 11.7. The van der Waals surface area contributed by atoms with Crippen LogP contribution in [0, 0.1) is 5.92 Å². The smallest absolute Gasteiger partial charge is 0.309 e. The predicted molar refractivity (Wildman–Crippen MR) is 63.0 cm³/mol. The van der Waals surface area contributed by atoms with Crippen molar-refractivity contribution in [1.29, 1.82) is 0 Å². The maximum Gasteiger partial charge on any atom is 0.309 e. The number of hydrogen-bond donors (Lipinski definition) is 1. The van der Waals surface area contributed by atoms with Crippen molar-refractivity contribution in [3.63, 3.8) is 0 Å². The highest BCUT2D eigenvalue weighted by Gasteiger charge is 2.22. The normalized spacial score (nSPS) is 21.6. The largest absolute Gasteiger partial charge is 0.461 e. The van der Waals surface area contributed by atoms with Crippen LogP contribution < -0.4 is 5.32 Å². The van der Waals surface area contributed by atoms with Crippen LogP contribution in [0.5, 0.6) is 0 Å². The van der Waals surface area contributed by atoms with E-state index in [1.165, 1.54) is 5.57 Å². The minimum atomic E-state index is -0.0167. The molecule has 0 aromatic rings. The number of ether oxygens (including phenoxy) is 1. The van der Waals surface area contributed by atoms with E-state index < -0.39 is 0 Å². The Morgan fingerprint density at radius 1 is 1.44 bits per heavy atom. The number of nitrogens with one attached hydrogen (secondary N) is 1. The van der Waals surface area contributed by atoms with E-state index in [0.717, 1.165) is 38.8 Å². The second-order valence-corrected chi connectivity index (χ2v) is 4.42. The first-order chi connectivity index (χ1) is 7.86. The Morgan fingerprint density at radius 2 is 2.25 bits per heavy atom. The van der Waals surface area contributed by atoms with Gasteiger partial charge in [0.1, 0.15) is 6.61 Å². The van der Waals surface area contributed by atoms with Crippen LogP contribution >= 0.6 is 0 Å². The van der Waals surface area contributed by atoms with Gasteiger partial charge in [-0.15, -0.1) is 0 Å². The summed E-state index contributed by atoms with van der Waals surface area (Å²) in [6.45, 7) is 2.35. The van der Waals surface area contributed by atoms with Crippen molar-refractivity contribution in [2.75, 3.05) is 19.7 Å². The van der Waals surface area contributed by atoms with E-state index in [1.807, 2.05) is 6.08 Å². The average Bonchev–Trinajstić information content (AvgIpc) is 2.38. The van der Waals surface area contributed by atoms with Gasteiger partial charge in [0.2, 0.25) is 0 Å². The quantitative estimate of drug-likeness (QED) is 0.739. The van der Waals surface area contributed by atoms with Crippen molar-refractivity contribution in [1.82, 2.24) is 5.32 Å². The highest BCUT2D eigenvalue weighted by Crippen LogP contribution is 2.16. The van der Waals surface area contributed by atoms with E-state index in [1.54, 1.807) is 0 Å². The Kier molecular flexibility index (Phi) is 4.17. The average molecular weight is 221 g/mol. The minimum Gasteiger partial charge on any atom is -0.461 e. The summed E-state index contributed by atoms with van der Waals surface area (Å²) < 4.78 is 5.35. The third-order valence-corrected chi connectivity index (χ3v) is 3.17. The molecule has 0 unspecified atom stereocenters. The van der Waals surface area contributed by atoms with Crippen molar-refractivity contribution in [2.24, 2.45) is 5.92 Å². The molecule has 0 bridgehead atoms. The highest BCUT2D eigenvalue weighted by molar-refractivity contribution is 5.72. The van der Waals surface area contributed by atoms with Gasteiger partial charge in [0.25, 0.3) is 0 Å². The Morgan fingerprint density at radius 3 is 2.94 bits per heavy atom. The zero-order valence-corrected chi connectivity index (χ0v) is 9.58. The van der Waals surface area contributed by atoms with Gasteiger partial charge >= 0.3 is 5.97 Å². The van der Waals surface area contributed by atoms with E-state index in [9.17, 15) is 4.79 Å². The maximum atomic E-state index is 11.7. The lowest BCUT2D eigenvalue weighted by atomic mass is 9.98. The van der Waals surface area contributed by atoms with E-state index in [0.29, 0.717) is 6.61 Å². The van der Waals surface area contributed by atoms with Crippen molar-refractivity contribution in [3.8, 4) is 0 Å². The third-order valence-electron chi connectivity index (χ3n) is 3.17. The summed E-state index contributed by atoms with van der Waals surface area (Å²) in [6.07, 6.45) is 10.1.